The second-order valence-electron chi connectivity index (χ2n) is 6.06. The third-order valence-corrected chi connectivity index (χ3v) is 3.64. The van der Waals surface area contributed by atoms with Gasteiger partial charge in [-0.2, -0.15) is 5.26 Å². The first kappa shape index (κ1) is 12.9. The Labute approximate surface area is 105 Å². The third-order valence-electron chi connectivity index (χ3n) is 3.64. The van der Waals surface area contributed by atoms with Crippen molar-refractivity contribution in [3.05, 3.63) is 0 Å². The quantitative estimate of drug-likeness (QED) is 0.798. The van der Waals surface area contributed by atoms with E-state index in [2.05, 4.69) is 25.2 Å². The van der Waals surface area contributed by atoms with Gasteiger partial charge in [-0.25, -0.2) is 0 Å². The summed E-state index contributed by atoms with van der Waals surface area (Å²) in [6, 6.07) is 3.11. The summed E-state index contributed by atoms with van der Waals surface area (Å²) in [7, 11) is 0. The van der Waals surface area contributed by atoms with Gasteiger partial charge in [-0.3, -0.25) is 5.32 Å². The van der Waals surface area contributed by atoms with Crippen LogP contribution in [0.1, 0.15) is 52.4 Å². The monoisotopic (exact) mass is 236 g/mol. The van der Waals surface area contributed by atoms with Crippen LogP contribution in [0.4, 0.5) is 0 Å². The molecule has 2 atom stereocenters. The molecule has 0 radical (unpaired) electrons. The van der Waals surface area contributed by atoms with E-state index < -0.39 is 0 Å². The lowest BCUT2D eigenvalue weighted by Crippen LogP contribution is -2.50. The Bertz CT molecular complexity index is 293. The molecular formula is C14H24N2O. The van der Waals surface area contributed by atoms with Crippen molar-refractivity contribution in [1.29, 1.82) is 5.26 Å². The Morgan fingerprint density at radius 2 is 2.18 bits per heavy atom. The van der Waals surface area contributed by atoms with Gasteiger partial charge in [-0.1, -0.05) is 13.8 Å². The normalized spacial score (nSPS) is 33.6. The molecule has 2 aliphatic carbocycles. The lowest BCUT2D eigenvalue weighted by Gasteiger charge is -2.36. The number of rotatable bonds is 5. The van der Waals surface area contributed by atoms with Gasteiger partial charge in [-0.05, 0) is 38.0 Å². The molecule has 2 unspecified atom stereocenters. The molecule has 0 aliphatic heterocycles. The first-order valence-electron chi connectivity index (χ1n) is 6.94. The summed E-state index contributed by atoms with van der Waals surface area (Å²) in [5.41, 5.74) is -0.305. The van der Waals surface area contributed by atoms with Gasteiger partial charge in [0.25, 0.3) is 0 Å². The summed E-state index contributed by atoms with van der Waals surface area (Å²) in [4.78, 5) is 0. The van der Waals surface area contributed by atoms with Crippen LogP contribution in [0.25, 0.3) is 0 Å². The average Bonchev–Trinajstić information content (AvgIpc) is 3.11. The Morgan fingerprint density at radius 3 is 2.76 bits per heavy atom. The number of ether oxygens (including phenoxy) is 1. The topological polar surface area (TPSA) is 45.0 Å². The van der Waals surface area contributed by atoms with Crippen molar-refractivity contribution in [2.75, 3.05) is 6.61 Å². The molecule has 0 aromatic carbocycles. The van der Waals surface area contributed by atoms with E-state index in [0.717, 1.165) is 32.3 Å². The van der Waals surface area contributed by atoms with Gasteiger partial charge in [-0.15, -0.1) is 0 Å². The van der Waals surface area contributed by atoms with E-state index in [9.17, 15) is 5.26 Å². The fourth-order valence-corrected chi connectivity index (χ4v) is 2.58. The second kappa shape index (κ2) is 5.37. The molecule has 0 aromatic rings. The highest BCUT2D eigenvalue weighted by atomic mass is 16.5. The van der Waals surface area contributed by atoms with Gasteiger partial charge in [0.15, 0.2) is 0 Å². The molecule has 2 saturated carbocycles. The minimum Gasteiger partial charge on any atom is -0.378 e. The maximum absolute atomic E-state index is 9.45. The van der Waals surface area contributed by atoms with Crippen LogP contribution in [-0.2, 0) is 4.74 Å². The summed E-state index contributed by atoms with van der Waals surface area (Å²) >= 11 is 0. The van der Waals surface area contributed by atoms with E-state index in [1.54, 1.807) is 0 Å². The molecule has 1 N–H and O–H groups in total. The molecule has 0 bridgehead atoms. The van der Waals surface area contributed by atoms with Crippen molar-refractivity contribution in [3.8, 4) is 6.07 Å². The number of nitriles is 1. The van der Waals surface area contributed by atoms with Crippen molar-refractivity contribution >= 4 is 0 Å². The Morgan fingerprint density at radius 1 is 1.41 bits per heavy atom. The van der Waals surface area contributed by atoms with E-state index in [1.807, 2.05) is 0 Å². The van der Waals surface area contributed by atoms with E-state index >= 15 is 0 Å². The van der Waals surface area contributed by atoms with Gasteiger partial charge in [0, 0.05) is 19.1 Å². The van der Waals surface area contributed by atoms with Crippen LogP contribution in [0.3, 0.4) is 0 Å². The minimum absolute atomic E-state index is 0.275. The van der Waals surface area contributed by atoms with Gasteiger partial charge in [0.1, 0.15) is 5.54 Å². The average molecular weight is 236 g/mol. The van der Waals surface area contributed by atoms with Crippen molar-refractivity contribution in [1.82, 2.24) is 5.32 Å². The molecule has 0 aromatic heterocycles. The molecule has 0 heterocycles. The maximum atomic E-state index is 9.45. The summed E-state index contributed by atoms with van der Waals surface area (Å²) in [6.45, 7) is 5.15. The van der Waals surface area contributed by atoms with Gasteiger partial charge in [0.2, 0.25) is 0 Å². The largest absolute Gasteiger partial charge is 0.378 e. The first-order chi connectivity index (χ1) is 8.13. The summed E-state index contributed by atoms with van der Waals surface area (Å²) in [5.74, 6) is 0.574. The fourth-order valence-electron chi connectivity index (χ4n) is 2.58. The molecule has 3 nitrogen and oxygen atoms in total. The predicted molar refractivity (Wildman–Crippen MR) is 67.5 cm³/mol. The smallest absolute Gasteiger partial charge is 0.109 e. The number of hydrogen-bond acceptors (Lipinski definition) is 3. The highest BCUT2D eigenvalue weighted by molar-refractivity contribution is 5.12. The van der Waals surface area contributed by atoms with Gasteiger partial charge < -0.3 is 4.74 Å². The molecular weight excluding hydrogens is 212 g/mol. The van der Waals surface area contributed by atoms with Crippen LogP contribution < -0.4 is 5.32 Å². The maximum Gasteiger partial charge on any atom is 0.109 e. The SMILES string of the molecule is CC(C)COC1CCCC(C#N)(NC2CC2)C1. The lowest BCUT2D eigenvalue weighted by atomic mass is 9.81. The second-order valence-corrected chi connectivity index (χ2v) is 6.06. The minimum atomic E-state index is -0.305. The Hall–Kier alpha value is -0.590. The van der Waals surface area contributed by atoms with Crippen LogP contribution >= 0.6 is 0 Å². The van der Waals surface area contributed by atoms with Crippen LogP contribution in [0, 0.1) is 17.2 Å². The third kappa shape index (κ3) is 3.69. The van der Waals surface area contributed by atoms with E-state index in [-0.39, 0.29) is 11.6 Å². The van der Waals surface area contributed by atoms with Crippen molar-refractivity contribution in [3.63, 3.8) is 0 Å². The Balaban J connectivity index is 1.87. The summed E-state index contributed by atoms with van der Waals surface area (Å²) in [6.07, 6.45) is 6.83. The van der Waals surface area contributed by atoms with E-state index in [1.165, 1.54) is 12.8 Å². The van der Waals surface area contributed by atoms with E-state index in [4.69, 9.17) is 4.74 Å². The zero-order chi connectivity index (χ0) is 12.3. The van der Waals surface area contributed by atoms with E-state index in [0.29, 0.717) is 12.0 Å². The summed E-state index contributed by atoms with van der Waals surface area (Å²) < 4.78 is 5.91. The molecule has 17 heavy (non-hydrogen) atoms. The van der Waals surface area contributed by atoms with Crippen molar-refractivity contribution in [2.24, 2.45) is 5.92 Å². The predicted octanol–water partition coefficient (Wildman–Crippen LogP) is 2.62. The molecule has 0 amide bonds. The van der Waals surface area contributed by atoms with Crippen LogP contribution in [0.15, 0.2) is 0 Å². The molecule has 2 aliphatic rings. The van der Waals surface area contributed by atoms with Crippen LogP contribution in [0.5, 0.6) is 0 Å². The molecule has 3 heteroatoms. The first-order valence-corrected chi connectivity index (χ1v) is 6.94. The molecule has 96 valence electrons. The molecule has 2 fully saturated rings. The molecule has 0 spiro atoms. The van der Waals surface area contributed by atoms with Gasteiger partial charge >= 0.3 is 0 Å². The van der Waals surface area contributed by atoms with Gasteiger partial charge in [0.05, 0.1) is 12.2 Å². The fraction of sp³-hybridized carbons (Fsp3) is 0.929. The molecule has 2 rings (SSSR count). The zero-order valence-corrected chi connectivity index (χ0v) is 11.0. The molecule has 0 saturated heterocycles. The number of nitrogens with one attached hydrogen (secondary N) is 1. The van der Waals surface area contributed by atoms with Crippen molar-refractivity contribution < 1.29 is 4.74 Å². The van der Waals surface area contributed by atoms with Crippen LogP contribution in [-0.4, -0.2) is 24.3 Å². The summed E-state index contributed by atoms with van der Waals surface area (Å²) in [5, 5.41) is 13.0. The number of nitrogens with zero attached hydrogens (tertiary/aromatic N) is 1. The zero-order valence-electron chi connectivity index (χ0n) is 11.0. The lowest BCUT2D eigenvalue weighted by molar-refractivity contribution is -0.00376. The highest BCUT2D eigenvalue weighted by Gasteiger charge is 2.40. The van der Waals surface area contributed by atoms with Crippen molar-refractivity contribution in [2.45, 2.75) is 70.1 Å². The number of hydrogen-bond donors (Lipinski definition) is 1. The standard InChI is InChI=1S/C14H24N2O/c1-11(2)9-17-13-4-3-7-14(8-13,10-15)16-12-5-6-12/h11-13,16H,3-9H2,1-2H3. The highest BCUT2D eigenvalue weighted by Crippen LogP contribution is 2.33. The Kier molecular flexibility index (Phi) is 4.06. The van der Waals surface area contributed by atoms with Crippen LogP contribution in [0.2, 0.25) is 0 Å².